The van der Waals surface area contributed by atoms with Crippen molar-refractivity contribution < 1.29 is 24.2 Å². The van der Waals surface area contributed by atoms with Gasteiger partial charge in [-0.3, -0.25) is 9.59 Å². The number of carbonyl (C=O) groups is 2. The molecule has 24 heavy (non-hydrogen) atoms. The van der Waals surface area contributed by atoms with Crippen LogP contribution in [-0.2, 0) is 19.1 Å². The Morgan fingerprint density at radius 3 is 2.67 bits per heavy atom. The van der Waals surface area contributed by atoms with Gasteiger partial charge in [0.15, 0.2) is 0 Å². The fourth-order valence-corrected chi connectivity index (χ4v) is 2.32. The van der Waals surface area contributed by atoms with Crippen molar-refractivity contribution in [1.82, 2.24) is 5.32 Å². The van der Waals surface area contributed by atoms with Crippen molar-refractivity contribution in [2.75, 3.05) is 62.9 Å². The average Bonchev–Trinajstić information content (AvgIpc) is 2.62. The molecule has 0 spiro atoms. The van der Waals surface area contributed by atoms with E-state index in [1.807, 2.05) is 12.1 Å². The van der Waals surface area contributed by atoms with Crippen molar-refractivity contribution in [1.29, 1.82) is 0 Å². The first kappa shape index (κ1) is 18.2. The van der Waals surface area contributed by atoms with Crippen LogP contribution in [0.4, 0.5) is 11.4 Å². The lowest BCUT2D eigenvalue weighted by molar-refractivity contribution is -0.136. The van der Waals surface area contributed by atoms with Crippen LogP contribution in [-0.4, -0.2) is 69.6 Å². The van der Waals surface area contributed by atoms with Gasteiger partial charge < -0.3 is 30.1 Å². The monoisotopic (exact) mass is 337 g/mol. The second-order valence-electron chi connectivity index (χ2n) is 5.16. The highest BCUT2D eigenvalue weighted by Gasteiger charge is 2.18. The van der Waals surface area contributed by atoms with E-state index in [9.17, 15) is 9.59 Å². The summed E-state index contributed by atoms with van der Waals surface area (Å²) in [5.74, 6) is -1.45. The molecule has 0 unspecified atom stereocenters. The summed E-state index contributed by atoms with van der Waals surface area (Å²) >= 11 is 0. The summed E-state index contributed by atoms with van der Waals surface area (Å²) < 4.78 is 10.3. The van der Waals surface area contributed by atoms with Crippen LogP contribution < -0.4 is 15.5 Å². The van der Waals surface area contributed by atoms with E-state index in [1.54, 1.807) is 12.1 Å². The van der Waals surface area contributed by atoms with Gasteiger partial charge in [0, 0.05) is 19.6 Å². The van der Waals surface area contributed by atoms with E-state index in [-0.39, 0.29) is 26.4 Å². The second kappa shape index (κ2) is 9.86. The van der Waals surface area contributed by atoms with Crippen LogP contribution in [0.25, 0.3) is 0 Å². The molecule has 1 saturated heterocycles. The Morgan fingerprint density at radius 1 is 1.17 bits per heavy atom. The average molecular weight is 337 g/mol. The molecule has 1 aliphatic heterocycles. The predicted molar refractivity (Wildman–Crippen MR) is 89.0 cm³/mol. The summed E-state index contributed by atoms with van der Waals surface area (Å²) in [6, 6.07) is 7.36. The Hall–Kier alpha value is -2.16. The van der Waals surface area contributed by atoms with Gasteiger partial charge in [-0.1, -0.05) is 12.1 Å². The number of para-hydroxylation sites is 2. The van der Waals surface area contributed by atoms with Crippen LogP contribution in [0.1, 0.15) is 0 Å². The number of hydrogen-bond donors (Lipinski definition) is 3. The molecule has 1 aromatic rings. The minimum atomic E-state index is -0.724. The lowest BCUT2D eigenvalue weighted by Crippen LogP contribution is -2.39. The van der Waals surface area contributed by atoms with Gasteiger partial charge in [-0.25, -0.2) is 0 Å². The SMILES string of the molecule is O=C(NCCOCCO)C(=O)Nc1ccccc1N1CCOCC1. The number of benzene rings is 1. The molecule has 3 N–H and O–H groups in total. The molecule has 1 aliphatic rings. The highest BCUT2D eigenvalue weighted by Crippen LogP contribution is 2.26. The number of rotatable bonds is 7. The highest BCUT2D eigenvalue weighted by molar-refractivity contribution is 6.39. The zero-order valence-corrected chi connectivity index (χ0v) is 13.5. The minimum Gasteiger partial charge on any atom is -0.394 e. The van der Waals surface area contributed by atoms with Crippen LogP contribution in [0.5, 0.6) is 0 Å². The summed E-state index contributed by atoms with van der Waals surface area (Å²) in [5, 5.41) is 13.7. The largest absolute Gasteiger partial charge is 0.394 e. The molecule has 1 aromatic carbocycles. The van der Waals surface area contributed by atoms with E-state index in [0.29, 0.717) is 18.9 Å². The van der Waals surface area contributed by atoms with Crippen molar-refractivity contribution in [3.8, 4) is 0 Å². The molecule has 0 saturated carbocycles. The maximum Gasteiger partial charge on any atom is 0.313 e. The minimum absolute atomic E-state index is 0.0766. The maximum absolute atomic E-state index is 12.0. The quantitative estimate of drug-likeness (QED) is 0.462. The summed E-state index contributed by atoms with van der Waals surface area (Å²) in [4.78, 5) is 25.9. The third kappa shape index (κ3) is 5.48. The molecule has 132 valence electrons. The van der Waals surface area contributed by atoms with Crippen LogP contribution in [0.2, 0.25) is 0 Å². The Morgan fingerprint density at radius 2 is 1.92 bits per heavy atom. The van der Waals surface area contributed by atoms with Crippen molar-refractivity contribution in [3.05, 3.63) is 24.3 Å². The molecule has 2 amide bonds. The second-order valence-corrected chi connectivity index (χ2v) is 5.16. The number of ether oxygens (including phenoxy) is 2. The van der Waals surface area contributed by atoms with Crippen molar-refractivity contribution in [3.63, 3.8) is 0 Å². The van der Waals surface area contributed by atoms with Crippen LogP contribution in [0, 0.1) is 0 Å². The summed E-state index contributed by atoms with van der Waals surface area (Å²) in [5.41, 5.74) is 1.46. The normalized spacial score (nSPS) is 14.3. The van der Waals surface area contributed by atoms with Gasteiger partial charge in [-0.2, -0.15) is 0 Å². The maximum atomic E-state index is 12.0. The number of carbonyl (C=O) groups excluding carboxylic acids is 2. The Kier molecular flexibility index (Phi) is 7.47. The fraction of sp³-hybridized carbons (Fsp3) is 0.500. The molecular weight excluding hydrogens is 314 g/mol. The summed E-state index contributed by atoms with van der Waals surface area (Å²) in [6.07, 6.45) is 0. The number of morpholine rings is 1. The Bertz CT molecular complexity index is 546. The predicted octanol–water partition coefficient (Wildman–Crippen LogP) is -0.413. The van der Waals surface area contributed by atoms with Gasteiger partial charge >= 0.3 is 11.8 Å². The first-order valence-corrected chi connectivity index (χ1v) is 7.92. The van der Waals surface area contributed by atoms with E-state index in [2.05, 4.69) is 15.5 Å². The topological polar surface area (TPSA) is 100 Å². The number of aliphatic hydroxyl groups is 1. The molecule has 0 aliphatic carbocycles. The van der Waals surface area contributed by atoms with E-state index in [0.717, 1.165) is 18.8 Å². The number of hydrogen-bond acceptors (Lipinski definition) is 6. The van der Waals surface area contributed by atoms with Crippen molar-refractivity contribution in [2.45, 2.75) is 0 Å². The number of anilines is 2. The van der Waals surface area contributed by atoms with Gasteiger partial charge in [-0.05, 0) is 12.1 Å². The molecule has 1 heterocycles. The number of aliphatic hydroxyl groups excluding tert-OH is 1. The summed E-state index contributed by atoms with van der Waals surface area (Å²) in [6.45, 7) is 3.32. The zero-order valence-electron chi connectivity index (χ0n) is 13.5. The summed E-state index contributed by atoms with van der Waals surface area (Å²) in [7, 11) is 0. The van der Waals surface area contributed by atoms with E-state index in [4.69, 9.17) is 14.6 Å². The van der Waals surface area contributed by atoms with E-state index < -0.39 is 11.8 Å². The standard InChI is InChI=1S/C16H23N3O5/c20-8-12-23-9-5-17-15(21)16(22)18-13-3-1-2-4-14(13)19-6-10-24-11-7-19/h1-4,20H,5-12H2,(H,17,21)(H,18,22). The highest BCUT2D eigenvalue weighted by atomic mass is 16.5. The first-order chi connectivity index (χ1) is 11.7. The fourth-order valence-electron chi connectivity index (χ4n) is 2.32. The van der Waals surface area contributed by atoms with Gasteiger partial charge in [0.05, 0.1) is 44.4 Å². The van der Waals surface area contributed by atoms with Gasteiger partial charge in [0.25, 0.3) is 0 Å². The van der Waals surface area contributed by atoms with Crippen LogP contribution in [0.3, 0.4) is 0 Å². The molecular formula is C16H23N3O5. The van der Waals surface area contributed by atoms with Gasteiger partial charge in [0.1, 0.15) is 0 Å². The zero-order chi connectivity index (χ0) is 17.2. The smallest absolute Gasteiger partial charge is 0.313 e. The van der Waals surface area contributed by atoms with Crippen LogP contribution >= 0.6 is 0 Å². The van der Waals surface area contributed by atoms with Crippen molar-refractivity contribution in [2.24, 2.45) is 0 Å². The molecule has 0 bridgehead atoms. The molecule has 0 radical (unpaired) electrons. The lowest BCUT2D eigenvalue weighted by Gasteiger charge is -2.30. The molecule has 8 nitrogen and oxygen atoms in total. The Balaban J connectivity index is 1.88. The number of amides is 2. The first-order valence-electron chi connectivity index (χ1n) is 7.92. The van der Waals surface area contributed by atoms with E-state index in [1.165, 1.54) is 0 Å². The molecule has 0 aromatic heterocycles. The Labute approximate surface area is 140 Å². The number of nitrogens with one attached hydrogen (secondary N) is 2. The van der Waals surface area contributed by atoms with Gasteiger partial charge in [-0.15, -0.1) is 0 Å². The third-order valence-electron chi connectivity index (χ3n) is 3.48. The molecule has 1 fully saturated rings. The van der Waals surface area contributed by atoms with Crippen molar-refractivity contribution >= 4 is 23.2 Å². The number of nitrogens with zero attached hydrogens (tertiary/aromatic N) is 1. The molecule has 8 heteroatoms. The third-order valence-corrected chi connectivity index (χ3v) is 3.48. The van der Waals surface area contributed by atoms with E-state index >= 15 is 0 Å². The molecule has 0 atom stereocenters. The van der Waals surface area contributed by atoms with Gasteiger partial charge in [0.2, 0.25) is 0 Å². The van der Waals surface area contributed by atoms with Crippen LogP contribution in [0.15, 0.2) is 24.3 Å². The molecule has 2 rings (SSSR count). The lowest BCUT2D eigenvalue weighted by atomic mass is 10.2.